The zero-order valence-electron chi connectivity index (χ0n) is 9.34. The van der Waals surface area contributed by atoms with Crippen LogP contribution in [0.25, 0.3) is 0 Å². The van der Waals surface area contributed by atoms with Crippen molar-refractivity contribution in [2.75, 3.05) is 0 Å². The highest BCUT2D eigenvalue weighted by atomic mass is 35.5. The van der Waals surface area contributed by atoms with Gasteiger partial charge in [0, 0.05) is 17.8 Å². The van der Waals surface area contributed by atoms with Crippen LogP contribution in [0.3, 0.4) is 0 Å². The average Bonchev–Trinajstić information content (AvgIpc) is 2.02. The fourth-order valence-corrected chi connectivity index (χ4v) is 2.37. The van der Waals surface area contributed by atoms with Crippen molar-refractivity contribution in [1.82, 2.24) is 4.98 Å². The molecule has 1 rings (SSSR count). The molecular formula is C12H18ClN. The van der Waals surface area contributed by atoms with Gasteiger partial charge in [-0.1, -0.05) is 13.8 Å². The lowest BCUT2D eigenvalue weighted by Crippen LogP contribution is -2.22. The Labute approximate surface area is 91.5 Å². The number of hydrogen-bond donors (Lipinski definition) is 0. The summed E-state index contributed by atoms with van der Waals surface area (Å²) in [6.07, 6.45) is 4.76. The third-order valence-electron chi connectivity index (χ3n) is 2.56. The van der Waals surface area contributed by atoms with E-state index in [1.54, 1.807) is 0 Å². The minimum absolute atomic E-state index is 0.111. The van der Waals surface area contributed by atoms with Gasteiger partial charge < -0.3 is 0 Å². The highest BCUT2D eigenvalue weighted by Crippen LogP contribution is 2.31. The number of halogens is 1. The summed E-state index contributed by atoms with van der Waals surface area (Å²) < 4.78 is 0. The second kappa shape index (κ2) is 4.31. The first kappa shape index (κ1) is 11.5. The Morgan fingerprint density at radius 1 is 1.50 bits per heavy atom. The quantitative estimate of drug-likeness (QED) is 0.695. The zero-order chi connectivity index (χ0) is 10.8. The van der Waals surface area contributed by atoms with E-state index in [1.807, 2.05) is 19.3 Å². The average molecular weight is 212 g/mol. The first-order chi connectivity index (χ1) is 6.43. The summed E-state index contributed by atoms with van der Waals surface area (Å²) in [5, 5.41) is 0.199. The molecule has 0 aliphatic rings. The van der Waals surface area contributed by atoms with Crippen LogP contribution in [-0.4, -0.2) is 10.4 Å². The number of rotatable bonds is 3. The van der Waals surface area contributed by atoms with Crippen molar-refractivity contribution in [3.8, 4) is 0 Å². The Morgan fingerprint density at radius 3 is 2.64 bits per heavy atom. The molecule has 1 aromatic rings. The molecule has 1 heterocycles. The molecule has 0 aromatic carbocycles. The van der Waals surface area contributed by atoms with Crippen LogP contribution in [0.5, 0.6) is 0 Å². The monoisotopic (exact) mass is 211 g/mol. The molecule has 0 radical (unpaired) electrons. The van der Waals surface area contributed by atoms with Gasteiger partial charge in [0.05, 0.1) is 0 Å². The number of aromatic nitrogens is 1. The van der Waals surface area contributed by atoms with E-state index < -0.39 is 0 Å². The van der Waals surface area contributed by atoms with Crippen molar-refractivity contribution in [3.05, 3.63) is 29.6 Å². The standard InChI is InChI=1S/C12H18ClN/c1-9-5-6-14-8-11(9)12(3,4)7-10(2)13/h5-6,8,10H,7H2,1-4H3. The van der Waals surface area contributed by atoms with E-state index in [4.69, 9.17) is 11.6 Å². The summed E-state index contributed by atoms with van der Waals surface area (Å²) in [5.41, 5.74) is 2.70. The number of aryl methyl sites for hydroxylation is 1. The van der Waals surface area contributed by atoms with Crippen molar-refractivity contribution in [3.63, 3.8) is 0 Å². The topological polar surface area (TPSA) is 12.9 Å². The molecule has 0 spiro atoms. The fourth-order valence-electron chi connectivity index (χ4n) is 1.99. The Morgan fingerprint density at radius 2 is 2.14 bits per heavy atom. The molecule has 1 nitrogen and oxygen atoms in total. The second-order valence-electron chi connectivity index (χ2n) is 4.56. The van der Waals surface area contributed by atoms with Gasteiger partial charge in [0.25, 0.3) is 0 Å². The maximum atomic E-state index is 6.04. The van der Waals surface area contributed by atoms with E-state index >= 15 is 0 Å². The summed E-state index contributed by atoms with van der Waals surface area (Å²) in [4.78, 5) is 4.18. The highest BCUT2D eigenvalue weighted by molar-refractivity contribution is 6.20. The summed E-state index contributed by atoms with van der Waals surface area (Å²) in [7, 11) is 0. The van der Waals surface area contributed by atoms with E-state index in [2.05, 4.69) is 31.8 Å². The van der Waals surface area contributed by atoms with E-state index in [9.17, 15) is 0 Å². The lowest BCUT2D eigenvalue weighted by atomic mass is 9.79. The predicted octanol–water partition coefficient (Wildman–Crippen LogP) is 3.69. The smallest absolute Gasteiger partial charge is 0.0316 e. The Balaban J connectivity index is 2.97. The minimum Gasteiger partial charge on any atom is -0.264 e. The molecule has 0 N–H and O–H groups in total. The van der Waals surface area contributed by atoms with Gasteiger partial charge in [0.1, 0.15) is 0 Å². The lowest BCUT2D eigenvalue weighted by molar-refractivity contribution is 0.473. The van der Waals surface area contributed by atoms with Crippen LogP contribution in [0.15, 0.2) is 18.5 Å². The summed E-state index contributed by atoms with van der Waals surface area (Å²) >= 11 is 6.04. The van der Waals surface area contributed by atoms with Gasteiger partial charge in [-0.3, -0.25) is 4.98 Å². The van der Waals surface area contributed by atoms with E-state index in [1.165, 1.54) is 11.1 Å². The van der Waals surface area contributed by atoms with Crippen LogP contribution in [0.4, 0.5) is 0 Å². The van der Waals surface area contributed by atoms with Crippen molar-refractivity contribution >= 4 is 11.6 Å². The van der Waals surface area contributed by atoms with Crippen molar-refractivity contribution in [2.24, 2.45) is 0 Å². The molecule has 0 aliphatic heterocycles. The summed E-state index contributed by atoms with van der Waals surface area (Å²) in [5.74, 6) is 0. The SMILES string of the molecule is Cc1ccncc1C(C)(C)CC(C)Cl. The van der Waals surface area contributed by atoms with Gasteiger partial charge >= 0.3 is 0 Å². The van der Waals surface area contributed by atoms with Crippen LogP contribution in [0, 0.1) is 6.92 Å². The van der Waals surface area contributed by atoms with Crippen molar-refractivity contribution in [2.45, 2.75) is 44.9 Å². The van der Waals surface area contributed by atoms with Gasteiger partial charge in [-0.25, -0.2) is 0 Å². The third kappa shape index (κ3) is 2.71. The zero-order valence-corrected chi connectivity index (χ0v) is 10.1. The molecule has 0 aliphatic carbocycles. The first-order valence-corrected chi connectivity index (χ1v) is 5.42. The normalized spacial score (nSPS) is 14.1. The van der Waals surface area contributed by atoms with Gasteiger partial charge in [-0.2, -0.15) is 0 Å². The van der Waals surface area contributed by atoms with Crippen LogP contribution in [-0.2, 0) is 5.41 Å². The second-order valence-corrected chi connectivity index (χ2v) is 5.30. The molecule has 1 atom stereocenters. The van der Waals surface area contributed by atoms with E-state index in [0.717, 1.165) is 6.42 Å². The van der Waals surface area contributed by atoms with E-state index in [0.29, 0.717) is 0 Å². The largest absolute Gasteiger partial charge is 0.264 e. The van der Waals surface area contributed by atoms with Gasteiger partial charge in [-0.15, -0.1) is 11.6 Å². The molecule has 2 heteroatoms. The molecule has 78 valence electrons. The van der Waals surface area contributed by atoms with Crippen LogP contribution in [0.2, 0.25) is 0 Å². The first-order valence-electron chi connectivity index (χ1n) is 4.98. The van der Waals surface area contributed by atoms with Gasteiger partial charge in [-0.05, 0) is 42.9 Å². The Bertz CT molecular complexity index is 305. The summed E-state index contributed by atoms with van der Waals surface area (Å²) in [6.45, 7) is 8.60. The van der Waals surface area contributed by atoms with Crippen molar-refractivity contribution < 1.29 is 0 Å². The number of alkyl halides is 1. The lowest BCUT2D eigenvalue weighted by Gasteiger charge is -2.27. The van der Waals surface area contributed by atoms with Crippen LogP contribution in [0.1, 0.15) is 38.3 Å². The maximum absolute atomic E-state index is 6.04. The maximum Gasteiger partial charge on any atom is 0.0316 e. The number of hydrogen-bond acceptors (Lipinski definition) is 1. The van der Waals surface area contributed by atoms with Crippen LogP contribution < -0.4 is 0 Å². The van der Waals surface area contributed by atoms with Gasteiger partial charge in [0.2, 0.25) is 0 Å². The molecule has 0 saturated heterocycles. The third-order valence-corrected chi connectivity index (χ3v) is 2.71. The molecule has 1 unspecified atom stereocenters. The Kier molecular flexibility index (Phi) is 3.54. The molecule has 0 amide bonds. The highest BCUT2D eigenvalue weighted by Gasteiger charge is 2.24. The van der Waals surface area contributed by atoms with Gasteiger partial charge in [0.15, 0.2) is 0 Å². The molecular weight excluding hydrogens is 194 g/mol. The minimum atomic E-state index is 0.111. The summed E-state index contributed by atoms with van der Waals surface area (Å²) in [6, 6.07) is 2.05. The molecule has 1 aromatic heterocycles. The number of nitrogens with zero attached hydrogens (tertiary/aromatic N) is 1. The van der Waals surface area contributed by atoms with Crippen molar-refractivity contribution in [1.29, 1.82) is 0 Å². The Hall–Kier alpha value is -0.560. The van der Waals surface area contributed by atoms with Crippen LogP contribution >= 0.6 is 11.6 Å². The van der Waals surface area contributed by atoms with E-state index in [-0.39, 0.29) is 10.8 Å². The molecule has 14 heavy (non-hydrogen) atoms. The predicted molar refractivity (Wildman–Crippen MR) is 61.9 cm³/mol. The fraction of sp³-hybridized carbons (Fsp3) is 0.583. The molecule has 0 saturated carbocycles. The molecule has 0 bridgehead atoms. The number of pyridine rings is 1. The molecule has 0 fully saturated rings.